The number of ketones is 1. The van der Waals surface area contributed by atoms with Crippen molar-refractivity contribution >= 4 is 52.2 Å². The molecular weight excluding hydrogens is 525 g/mol. The lowest BCUT2D eigenvalue weighted by atomic mass is 9.95. The summed E-state index contributed by atoms with van der Waals surface area (Å²) in [6.07, 6.45) is 1.48. The Hall–Kier alpha value is -3.46. The fourth-order valence-corrected chi connectivity index (χ4v) is 4.97. The number of morpholine rings is 1. The van der Waals surface area contributed by atoms with Crippen LogP contribution in [0.15, 0.2) is 59.7 Å². The van der Waals surface area contributed by atoms with Gasteiger partial charge >= 0.3 is 0 Å². The van der Waals surface area contributed by atoms with Crippen LogP contribution in [0, 0.1) is 0 Å². The first-order chi connectivity index (χ1) is 18.4. The van der Waals surface area contributed by atoms with Crippen LogP contribution in [0.4, 0.5) is 11.5 Å². The molecule has 8 nitrogen and oxygen atoms in total. The first kappa shape index (κ1) is 26.2. The summed E-state index contributed by atoms with van der Waals surface area (Å²) in [5.41, 5.74) is 3.21. The van der Waals surface area contributed by atoms with Gasteiger partial charge in [0, 0.05) is 66.7 Å². The second kappa shape index (κ2) is 11.5. The van der Waals surface area contributed by atoms with Crippen molar-refractivity contribution in [3.05, 3.63) is 87.0 Å². The number of nitrogens with one attached hydrogen (secondary N) is 1. The molecule has 0 spiro atoms. The van der Waals surface area contributed by atoms with Gasteiger partial charge in [-0.05, 0) is 29.8 Å². The van der Waals surface area contributed by atoms with Gasteiger partial charge in [-0.25, -0.2) is 4.98 Å². The summed E-state index contributed by atoms with van der Waals surface area (Å²) in [7, 11) is 2.00. The summed E-state index contributed by atoms with van der Waals surface area (Å²) < 4.78 is 5.52. The Morgan fingerprint density at radius 3 is 2.42 bits per heavy atom. The average Bonchev–Trinajstić information content (AvgIpc) is 3.37. The summed E-state index contributed by atoms with van der Waals surface area (Å²) in [5.74, 6) is 0.761. The number of benzene rings is 2. The van der Waals surface area contributed by atoms with Crippen molar-refractivity contribution in [1.29, 1.82) is 0 Å². The molecule has 3 aromatic rings. The summed E-state index contributed by atoms with van der Waals surface area (Å²) in [6.45, 7) is 4.01. The highest BCUT2D eigenvalue weighted by Gasteiger charge is 2.24. The number of aromatic nitrogens is 1. The van der Waals surface area contributed by atoms with E-state index < -0.39 is 5.91 Å². The molecule has 10 heteroatoms. The summed E-state index contributed by atoms with van der Waals surface area (Å²) >= 11 is 12.4. The maximum absolute atomic E-state index is 13.5. The minimum Gasteiger partial charge on any atom is -0.378 e. The fourth-order valence-electron chi connectivity index (χ4n) is 4.64. The van der Waals surface area contributed by atoms with Gasteiger partial charge < -0.3 is 19.9 Å². The van der Waals surface area contributed by atoms with Crippen LogP contribution in [0.25, 0.3) is 0 Å². The number of anilines is 2. The van der Waals surface area contributed by atoms with Crippen LogP contribution >= 0.6 is 23.2 Å². The van der Waals surface area contributed by atoms with Gasteiger partial charge in [-0.2, -0.15) is 0 Å². The number of carbonyl (C=O) groups is 2. The minimum absolute atomic E-state index is 0.0286. The Labute approximate surface area is 231 Å². The monoisotopic (exact) mass is 551 g/mol. The highest BCUT2D eigenvalue weighted by atomic mass is 35.5. The molecule has 0 bridgehead atoms. The van der Waals surface area contributed by atoms with E-state index in [9.17, 15) is 9.59 Å². The van der Waals surface area contributed by atoms with Crippen molar-refractivity contribution in [2.24, 2.45) is 4.99 Å². The molecule has 0 saturated carbocycles. The zero-order valence-corrected chi connectivity index (χ0v) is 22.4. The first-order valence-corrected chi connectivity index (χ1v) is 13.1. The highest BCUT2D eigenvalue weighted by Crippen LogP contribution is 2.31. The number of amidine groups is 1. The lowest BCUT2D eigenvalue weighted by Crippen LogP contribution is -2.37. The predicted octanol–water partition coefficient (Wildman–Crippen LogP) is 4.59. The maximum atomic E-state index is 13.5. The van der Waals surface area contributed by atoms with E-state index in [1.165, 1.54) is 6.20 Å². The third kappa shape index (κ3) is 5.83. The fraction of sp³-hybridized carbons (Fsp3) is 0.286. The number of hydrogen-bond acceptors (Lipinski definition) is 7. The first-order valence-electron chi connectivity index (χ1n) is 12.4. The minimum atomic E-state index is -0.405. The molecule has 0 atom stereocenters. The molecule has 1 aromatic heterocycles. The lowest BCUT2D eigenvalue weighted by molar-refractivity contribution is 0.0992. The van der Waals surface area contributed by atoms with Gasteiger partial charge in [0.15, 0.2) is 5.78 Å². The van der Waals surface area contributed by atoms with Crippen LogP contribution < -0.4 is 10.2 Å². The topological polar surface area (TPSA) is 87.1 Å². The lowest BCUT2D eigenvalue weighted by Gasteiger charge is -2.31. The second-order valence-electron chi connectivity index (χ2n) is 9.17. The van der Waals surface area contributed by atoms with E-state index in [1.807, 2.05) is 37.4 Å². The van der Waals surface area contributed by atoms with Gasteiger partial charge in [-0.3, -0.25) is 14.6 Å². The van der Waals surface area contributed by atoms with Crippen LogP contribution in [-0.4, -0.2) is 73.9 Å². The standard InChI is InChI=1S/C28H27Cl2N5O3/c1-34-9-8-31-27(34)19-4-2-18(3-5-19)25(36)16-22-23(28(37)33-26-7-6-20(29)17-32-26)14-21(30)15-24(22)35-10-12-38-13-11-35/h2-7,14-15,17H,8-13,16H2,1H3,(H,32,33,37). The van der Waals surface area contributed by atoms with Crippen LogP contribution in [0.3, 0.4) is 0 Å². The van der Waals surface area contributed by atoms with Gasteiger partial charge in [0.2, 0.25) is 0 Å². The molecule has 5 rings (SSSR count). The zero-order valence-electron chi connectivity index (χ0n) is 20.9. The number of pyridine rings is 1. The molecule has 1 fully saturated rings. The molecule has 0 aliphatic carbocycles. The average molecular weight is 552 g/mol. The van der Waals surface area contributed by atoms with Crippen molar-refractivity contribution in [3.8, 4) is 0 Å². The SMILES string of the molecule is CN1CCN=C1c1ccc(C(=O)Cc2c(C(=O)Nc3ccc(Cl)cn3)cc(Cl)cc2N2CCOCC2)cc1. The molecule has 0 radical (unpaired) electrons. The Morgan fingerprint density at radius 1 is 1.00 bits per heavy atom. The normalized spacial score (nSPS) is 15.4. The van der Waals surface area contributed by atoms with Crippen molar-refractivity contribution in [3.63, 3.8) is 0 Å². The molecule has 1 saturated heterocycles. The van der Waals surface area contributed by atoms with E-state index in [0.717, 1.165) is 30.2 Å². The molecule has 1 amide bonds. The van der Waals surface area contributed by atoms with E-state index >= 15 is 0 Å². The van der Waals surface area contributed by atoms with E-state index in [2.05, 4.69) is 25.1 Å². The number of rotatable bonds is 7. The van der Waals surface area contributed by atoms with Crippen molar-refractivity contribution < 1.29 is 14.3 Å². The molecular formula is C28H27Cl2N5O3. The molecule has 2 aliphatic heterocycles. The van der Waals surface area contributed by atoms with E-state index in [4.69, 9.17) is 27.9 Å². The number of aliphatic imine (C=N–C) groups is 1. The Bertz CT molecular complexity index is 1370. The highest BCUT2D eigenvalue weighted by molar-refractivity contribution is 6.31. The van der Waals surface area contributed by atoms with E-state index in [1.54, 1.807) is 18.2 Å². The number of halogens is 2. The molecule has 2 aromatic carbocycles. The van der Waals surface area contributed by atoms with Gasteiger partial charge in [-0.1, -0.05) is 47.5 Å². The van der Waals surface area contributed by atoms with Gasteiger partial charge in [0.1, 0.15) is 11.7 Å². The zero-order chi connectivity index (χ0) is 26.6. The summed E-state index contributed by atoms with van der Waals surface area (Å²) in [4.78, 5) is 39.9. The molecule has 0 unspecified atom stereocenters. The van der Waals surface area contributed by atoms with Crippen LogP contribution in [0.5, 0.6) is 0 Å². The van der Waals surface area contributed by atoms with Gasteiger partial charge in [0.05, 0.1) is 24.8 Å². The van der Waals surface area contributed by atoms with Crippen LogP contribution in [0.1, 0.15) is 31.8 Å². The third-order valence-electron chi connectivity index (χ3n) is 6.62. The third-order valence-corrected chi connectivity index (χ3v) is 7.06. The van der Waals surface area contributed by atoms with Gasteiger partial charge in [0.25, 0.3) is 5.91 Å². The molecule has 2 aliphatic rings. The maximum Gasteiger partial charge on any atom is 0.257 e. The number of amides is 1. The number of likely N-dealkylation sites (N-methyl/N-ethyl adjacent to an activating group) is 1. The smallest absolute Gasteiger partial charge is 0.257 e. The second-order valence-corrected chi connectivity index (χ2v) is 10.0. The molecule has 196 valence electrons. The number of Topliss-reactive ketones (excluding diaryl/α,β-unsaturated/α-hetero) is 1. The van der Waals surface area contributed by atoms with Gasteiger partial charge in [-0.15, -0.1) is 0 Å². The molecule has 3 heterocycles. The quantitative estimate of drug-likeness (QED) is 0.432. The number of carbonyl (C=O) groups excluding carboxylic acids is 2. The predicted molar refractivity (Wildman–Crippen MR) is 150 cm³/mol. The molecule has 38 heavy (non-hydrogen) atoms. The number of hydrogen-bond donors (Lipinski definition) is 1. The largest absolute Gasteiger partial charge is 0.378 e. The van der Waals surface area contributed by atoms with Crippen molar-refractivity contribution in [2.45, 2.75) is 6.42 Å². The Kier molecular flexibility index (Phi) is 7.93. The van der Waals surface area contributed by atoms with Crippen molar-refractivity contribution in [2.75, 3.05) is 56.7 Å². The molecule has 1 N–H and O–H groups in total. The van der Waals surface area contributed by atoms with Crippen molar-refractivity contribution in [1.82, 2.24) is 9.88 Å². The van der Waals surface area contributed by atoms with Crippen LogP contribution in [0.2, 0.25) is 10.0 Å². The Balaban J connectivity index is 1.46. The number of ether oxygens (including phenoxy) is 1. The van der Waals surface area contributed by atoms with Crippen LogP contribution in [-0.2, 0) is 11.2 Å². The number of nitrogens with zero attached hydrogens (tertiary/aromatic N) is 4. The van der Waals surface area contributed by atoms with E-state index in [-0.39, 0.29) is 12.2 Å². The van der Waals surface area contributed by atoms with E-state index in [0.29, 0.717) is 58.9 Å². The Morgan fingerprint density at radius 2 is 1.76 bits per heavy atom. The summed E-state index contributed by atoms with van der Waals surface area (Å²) in [5, 5.41) is 3.67. The summed E-state index contributed by atoms with van der Waals surface area (Å²) in [6, 6.07) is 14.1.